The molecule has 0 fully saturated rings. The summed E-state index contributed by atoms with van der Waals surface area (Å²) in [7, 11) is -9.93. The number of hydrogen-bond acceptors (Lipinski definition) is 15. The van der Waals surface area contributed by atoms with Crippen LogP contribution in [0.2, 0.25) is 0 Å². The molecule has 0 bridgehead atoms. The maximum Gasteiger partial charge on any atom is 0.472 e. The van der Waals surface area contributed by atoms with E-state index in [0.717, 1.165) is 108 Å². The van der Waals surface area contributed by atoms with Crippen LogP contribution in [-0.2, 0) is 65.4 Å². The van der Waals surface area contributed by atoms with Crippen molar-refractivity contribution >= 4 is 39.5 Å². The van der Waals surface area contributed by atoms with Crippen molar-refractivity contribution in [2.45, 2.75) is 471 Å². The predicted molar refractivity (Wildman–Crippen MR) is 432 cm³/mol. The Balaban J connectivity index is 5.20. The highest BCUT2D eigenvalue weighted by atomic mass is 31.2. The lowest BCUT2D eigenvalue weighted by Gasteiger charge is -2.21. The third-order valence-electron chi connectivity index (χ3n) is 20.1. The fraction of sp³-hybridized carbons (Fsp3) is 0.953. The molecule has 0 saturated carbocycles. The van der Waals surface area contributed by atoms with E-state index >= 15 is 0 Å². The van der Waals surface area contributed by atoms with Gasteiger partial charge in [-0.25, -0.2) is 9.13 Å². The second-order valence-electron chi connectivity index (χ2n) is 32.4. The second kappa shape index (κ2) is 76.1. The Morgan fingerprint density at radius 1 is 0.257 bits per heavy atom. The number of carbonyl (C=O) groups excluding carboxylic acids is 4. The first-order chi connectivity index (χ1) is 50.7. The number of phosphoric acid groups is 2. The molecule has 2 unspecified atom stereocenters. The third-order valence-corrected chi connectivity index (χ3v) is 22.0. The largest absolute Gasteiger partial charge is 0.472 e. The van der Waals surface area contributed by atoms with Crippen LogP contribution in [0.15, 0.2) is 0 Å². The molecule has 0 saturated heterocycles. The molecule has 0 aliphatic heterocycles. The van der Waals surface area contributed by atoms with E-state index < -0.39 is 97.5 Å². The van der Waals surface area contributed by atoms with Crippen molar-refractivity contribution in [2.75, 3.05) is 39.6 Å². The van der Waals surface area contributed by atoms with Crippen LogP contribution in [0.5, 0.6) is 0 Å². The average molecular weight is 1540 g/mol. The molecule has 17 nitrogen and oxygen atoms in total. The molecule has 5 atom stereocenters. The van der Waals surface area contributed by atoms with Gasteiger partial charge in [0.2, 0.25) is 0 Å². The normalized spacial score (nSPS) is 13.9. The zero-order chi connectivity index (χ0) is 77.2. The van der Waals surface area contributed by atoms with Gasteiger partial charge in [0, 0.05) is 25.7 Å². The third kappa shape index (κ3) is 79.9. The van der Waals surface area contributed by atoms with Gasteiger partial charge in [-0.1, -0.05) is 402 Å². The maximum absolute atomic E-state index is 13.1. The lowest BCUT2D eigenvalue weighted by Crippen LogP contribution is -2.30. The molecule has 0 rings (SSSR count). The Morgan fingerprint density at radius 3 is 0.648 bits per heavy atom. The first-order valence-corrected chi connectivity index (χ1v) is 47.3. The molecule has 0 aliphatic carbocycles. The van der Waals surface area contributed by atoms with Gasteiger partial charge >= 0.3 is 39.5 Å². The highest BCUT2D eigenvalue weighted by molar-refractivity contribution is 7.47. The molecule has 0 heterocycles. The van der Waals surface area contributed by atoms with Crippen LogP contribution in [0, 0.1) is 17.8 Å². The molecule has 0 aromatic rings. The summed E-state index contributed by atoms with van der Waals surface area (Å²) in [6.45, 7) is 11.9. The smallest absolute Gasteiger partial charge is 0.462 e. The zero-order valence-electron chi connectivity index (χ0n) is 69.2. The number of aliphatic hydroxyl groups is 1. The molecule has 0 aliphatic rings. The molecular formula is C86H168O17P2. The van der Waals surface area contributed by atoms with Gasteiger partial charge in [0.25, 0.3) is 0 Å². The lowest BCUT2D eigenvalue weighted by atomic mass is 10.0. The van der Waals surface area contributed by atoms with Crippen LogP contribution in [0.4, 0.5) is 0 Å². The number of esters is 4. The number of hydrogen-bond donors (Lipinski definition) is 3. The summed E-state index contributed by atoms with van der Waals surface area (Å²) >= 11 is 0. The minimum Gasteiger partial charge on any atom is -0.462 e. The monoisotopic (exact) mass is 1540 g/mol. The number of unbranched alkanes of at least 4 members (excludes halogenated alkanes) is 52. The molecule has 0 aromatic heterocycles. The van der Waals surface area contributed by atoms with Crippen molar-refractivity contribution in [1.82, 2.24) is 0 Å². The molecular weight excluding hydrogens is 1370 g/mol. The summed E-state index contributed by atoms with van der Waals surface area (Å²) in [4.78, 5) is 73.1. The van der Waals surface area contributed by atoms with Crippen molar-refractivity contribution in [3.8, 4) is 0 Å². The second-order valence-corrected chi connectivity index (χ2v) is 35.3. The van der Waals surface area contributed by atoms with Gasteiger partial charge in [-0.2, -0.15) is 0 Å². The molecule has 19 heteroatoms. The van der Waals surface area contributed by atoms with Gasteiger partial charge in [-0.05, 0) is 43.4 Å². The summed E-state index contributed by atoms with van der Waals surface area (Å²) in [5, 5.41) is 10.7. The van der Waals surface area contributed by atoms with E-state index in [1.807, 2.05) is 0 Å². The van der Waals surface area contributed by atoms with E-state index in [0.29, 0.717) is 31.6 Å². The predicted octanol–water partition coefficient (Wildman–Crippen LogP) is 26.1. The fourth-order valence-electron chi connectivity index (χ4n) is 13.4. The highest BCUT2D eigenvalue weighted by Gasteiger charge is 2.30. The molecule has 3 N–H and O–H groups in total. The van der Waals surface area contributed by atoms with E-state index in [9.17, 15) is 43.2 Å². The van der Waals surface area contributed by atoms with Crippen molar-refractivity contribution < 1.29 is 80.2 Å². The number of aliphatic hydroxyl groups excluding tert-OH is 1. The van der Waals surface area contributed by atoms with Gasteiger partial charge in [-0.3, -0.25) is 37.3 Å². The summed E-state index contributed by atoms with van der Waals surface area (Å²) < 4.78 is 68.8. The van der Waals surface area contributed by atoms with Gasteiger partial charge in [0.05, 0.1) is 26.4 Å². The Hall–Kier alpha value is -1.94. The van der Waals surface area contributed by atoms with Crippen LogP contribution in [-0.4, -0.2) is 96.7 Å². The highest BCUT2D eigenvalue weighted by Crippen LogP contribution is 2.45. The summed E-state index contributed by atoms with van der Waals surface area (Å²) in [6, 6.07) is 0. The van der Waals surface area contributed by atoms with E-state index in [1.165, 1.54) is 257 Å². The number of phosphoric ester groups is 2. The van der Waals surface area contributed by atoms with E-state index in [1.54, 1.807) is 0 Å². The average Bonchev–Trinajstić information content (AvgIpc) is 0.937. The van der Waals surface area contributed by atoms with Crippen LogP contribution in [0.3, 0.4) is 0 Å². The van der Waals surface area contributed by atoms with E-state index in [-0.39, 0.29) is 25.7 Å². The number of carbonyl (C=O) groups is 4. The van der Waals surface area contributed by atoms with Crippen molar-refractivity contribution in [3.05, 3.63) is 0 Å². The van der Waals surface area contributed by atoms with Gasteiger partial charge in [-0.15, -0.1) is 0 Å². The fourth-order valence-corrected chi connectivity index (χ4v) is 14.9. The van der Waals surface area contributed by atoms with Crippen LogP contribution in [0.25, 0.3) is 0 Å². The summed E-state index contributed by atoms with van der Waals surface area (Å²) in [5.41, 5.74) is 0. The Kier molecular flexibility index (Phi) is 74.7. The summed E-state index contributed by atoms with van der Waals surface area (Å²) in [5.74, 6) is 0.156. The maximum atomic E-state index is 13.1. The first kappa shape index (κ1) is 103. The lowest BCUT2D eigenvalue weighted by molar-refractivity contribution is -0.161. The van der Waals surface area contributed by atoms with Crippen molar-refractivity contribution in [1.29, 1.82) is 0 Å². The Labute approximate surface area is 645 Å². The molecule has 105 heavy (non-hydrogen) atoms. The first-order valence-electron chi connectivity index (χ1n) is 44.3. The number of rotatable bonds is 84. The van der Waals surface area contributed by atoms with Crippen LogP contribution < -0.4 is 0 Å². The standard InChI is InChI=1S/C86H168O17P2/c1-8-9-10-11-12-13-14-15-16-17-18-19-20-24-27-30-35-40-45-53-60-67-83(88)96-73-81(102-85(90)69-62-55-46-41-36-31-28-25-22-21-23-26-29-33-38-43-50-57-64-77(2)3)75-100-104(92,93)98-71-80(87)72-99-105(94,95)101-76-82(74-97-84(89)68-61-54-49-48-52-59-66-79(6)7)103-86(91)70-63-56-47-42-37-32-34-39-44-51-58-65-78(4)5/h77-82,87H,8-76H2,1-7H3,(H,92,93)(H,94,95)/t80-,81-,82-/m1/s1. The topological polar surface area (TPSA) is 237 Å². The summed E-state index contributed by atoms with van der Waals surface area (Å²) in [6.07, 6.45) is 67.0. The van der Waals surface area contributed by atoms with Crippen LogP contribution in [0.1, 0.15) is 453 Å². The minimum absolute atomic E-state index is 0.106. The van der Waals surface area contributed by atoms with E-state index in [4.69, 9.17) is 37.0 Å². The van der Waals surface area contributed by atoms with Crippen molar-refractivity contribution in [2.24, 2.45) is 17.8 Å². The van der Waals surface area contributed by atoms with Gasteiger partial charge in [0.1, 0.15) is 19.3 Å². The number of ether oxygens (including phenoxy) is 4. The van der Waals surface area contributed by atoms with Crippen molar-refractivity contribution in [3.63, 3.8) is 0 Å². The minimum atomic E-state index is -4.97. The Bertz CT molecular complexity index is 2030. The van der Waals surface area contributed by atoms with Gasteiger partial charge < -0.3 is 33.8 Å². The molecule has 0 spiro atoms. The van der Waals surface area contributed by atoms with E-state index in [2.05, 4.69) is 48.5 Å². The molecule has 0 radical (unpaired) electrons. The van der Waals surface area contributed by atoms with Gasteiger partial charge in [0.15, 0.2) is 12.2 Å². The van der Waals surface area contributed by atoms with Crippen LogP contribution >= 0.6 is 15.6 Å². The zero-order valence-corrected chi connectivity index (χ0v) is 71.0. The SMILES string of the molecule is CCCCCCCCCCCCCCCCCCCCCCCC(=O)OC[C@H](COP(=O)(O)OC[C@@H](O)COP(=O)(O)OC[C@@H](COC(=O)CCCCCCCCC(C)C)OC(=O)CCCCCCCCCCCCCC(C)C)OC(=O)CCCCCCCCCCCCCCCCCCCCC(C)C. The molecule has 0 amide bonds. The molecule has 0 aromatic carbocycles. The molecule has 624 valence electrons. The Morgan fingerprint density at radius 2 is 0.438 bits per heavy atom. The quantitative estimate of drug-likeness (QED) is 0.0222.